The van der Waals surface area contributed by atoms with Crippen molar-refractivity contribution in [2.24, 2.45) is 0 Å². The van der Waals surface area contributed by atoms with Crippen molar-refractivity contribution in [2.75, 3.05) is 6.54 Å². The van der Waals surface area contributed by atoms with Crippen molar-refractivity contribution in [3.05, 3.63) is 99.5 Å². The predicted octanol–water partition coefficient (Wildman–Crippen LogP) is 5.23. The van der Waals surface area contributed by atoms with E-state index in [1.165, 1.54) is 23.1 Å². The zero-order chi connectivity index (χ0) is 29.9. The third-order valence-electron chi connectivity index (χ3n) is 7.77. The Labute approximate surface area is 255 Å². The van der Waals surface area contributed by atoms with Gasteiger partial charge in [0.05, 0.1) is 5.56 Å². The first-order chi connectivity index (χ1) is 20.1. The van der Waals surface area contributed by atoms with Crippen LogP contribution in [0.4, 0.5) is 0 Å². The summed E-state index contributed by atoms with van der Waals surface area (Å²) in [6.07, 6.45) is 5.00. The summed E-state index contributed by atoms with van der Waals surface area (Å²) in [5.41, 5.74) is 1.35. The lowest BCUT2D eigenvalue weighted by atomic mass is 9.94. The van der Waals surface area contributed by atoms with Crippen LogP contribution < -0.4 is 5.32 Å². The van der Waals surface area contributed by atoms with Gasteiger partial charge < -0.3 is 10.2 Å². The second-order valence-electron chi connectivity index (χ2n) is 10.6. The van der Waals surface area contributed by atoms with Crippen molar-refractivity contribution in [3.8, 4) is 0 Å². The van der Waals surface area contributed by atoms with Crippen molar-refractivity contribution < 1.29 is 22.8 Å². The van der Waals surface area contributed by atoms with Crippen LogP contribution in [0.5, 0.6) is 0 Å². The average Bonchev–Trinajstić information content (AvgIpc) is 3.17. The molecule has 3 amide bonds. The van der Waals surface area contributed by atoms with Gasteiger partial charge >= 0.3 is 0 Å². The van der Waals surface area contributed by atoms with Gasteiger partial charge in [-0.25, -0.2) is 12.7 Å². The maximum absolute atomic E-state index is 14.1. The van der Waals surface area contributed by atoms with Crippen LogP contribution in [0.1, 0.15) is 53.6 Å². The minimum absolute atomic E-state index is 0.00785. The van der Waals surface area contributed by atoms with Crippen LogP contribution in [0.15, 0.2) is 77.7 Å². The molecule has 5 rings (SSSR count). The van der Waals surface area contributed by atoms with Gasteiger partial charge in [0, 0.05) is 29.1 Å². The number of amides is 3. The van der Waals surface area contributed by atoms with Crippen LogP contribution in [0.25, 0.3) is 0 Å². The number of hydrogen-bond donors (Lipinski definition) is 1. The lowest BCUT2D eigenvalue weighted by molar-refractivity contribution is -0.141. The van der Waals surface area contributed by atoms with Gasteiger partial charge in [-0.05, 0) is 48.2 Å². The molecule has 0 aromatic heterocycles. The maximum atomic E-state index is 14.1. The molecule has 3 aromatic carbocycles. The molecule has 2 aliphatic rings. The fourth-order valence-corrected chi connectivity index (χ4v) is 7.52. The Kier molecular flexibility index (Phi) is 9.20. The van der Waals surface area contributed by atoms with Crippen molar-refractivity contribution in [2.45, 2.75) is 62.0 Å². The van der Waals surface area contributed by atoms with Crippen LogP contribution in [-0.2, 0) is 32.6 Å². The van der Waals surface area contributed by atoms with Gasteiger partial charge in [0.2, 0.25) is 11.8 Å². The summed E-state index contributed by atoms with van der Waals surface area (Å²) in [4.78, 5) is 42.4. The van der Waals surface area contributed by atoms with Gasteiger partial charge in [-0.2, -0.15) is 0 Å². The summed E-state index contributed by atoms with van der Waals surface area (Å²) in [5.74, 6) is -1.83. The third-order valence-corrected chi connectivity index (χ3v) is 10.1. The summed E-state index contributed by atoms with van der Waals surface area (Å²) in [6, 6.07) is 18.9. The molecule has 3 aromatic rings. The Morgan fingerprint density at radius 3 is 2.33 bits per heavy atom. The lowest BCUT2D eigenvalue weighted by Crippen LogP contribution is -2.55. The van der Waals surface area contributed by atoms with Crippen LogP contribution >= 0.6 is 23.2 Å². The van der Waals surface area contributed by atoms with E-state index in [0.29, 0.717) is 19.9 Å². The number of fused-ring (bicyclic) bond motifs is 1. The largest absolute Gasteiger partial charge is 0.352 e. The van der Waals surface area contributed by atoms with Gasteiger partial charge in [0.15, 0.2) is 0 Å². The number of nitrogens with one attached hydrogen (secondary N) is 1. The second-order valence-corrected chi connectivity index (χ2v) is 13.3. The molecule has 220 valence electrons. The van der Waals surface area contributed by atoms with E-state index < -0.39 is 34.4 Å². The van der Waals surface area contributed by atoms with Crippen LogP contribution in [0.2, 0.25) is 10.0 Å². The van der Waals surface area contributed by atoms with E-state index >= 15 is 0 Å². The van der Waals surface area contributed by atoms with E-state index in [0.717, 1.165) is 37.7 Å². The van der Waals surface area contributed by atoms with Crippen molar-refractivity contribution in [3.63, 3.8) is 0 Å². The maximum Gasteiger partial charge on any atom is 0.269 e. The quantitative estimate of drug-likeness (QED) is 0.350. The molecule has 1 unspecified atom stereocenters. The minimum Gasteiger partial charge on any atom is -0.352 e. The molecule has 0 bridgehead atoms. The van der Waals surface area contributed by atoms with E-state index in [9.17, 15) is 22.8 Å². The monoisotopic (exact) mass is 627 g/mol. The number of carbonyl (C=O) groups is 3. The number of nitrogens with zero attached hydrogens (tertiary/aromatic N) is 2. The summed E-state index contributed by atoms with van der Waals surface area (Å²) in [6.45, 7) is -0.859. The Hall–Kier alpha value is -3.40. The highest BCUT2D eigenvalue weighted by molar-refractivity contribution is 7.90. The number of halogens is 2. The molecule has 8 nitrogen and oxygen atoms in total. The summed E-state index contributed by atoms with van der Waals surface area (Å²) < 4.78 is 27.1. The van der Waals surface area contributed by atoms with Gasteiger partial charge in [0.1, 0.15) is 17.5 Å². The molecule has 42 heavy (non-hydrogen) atoms. The number of benzene rings is 3. The van der Waals surface area contributed by atoms with E-state index in [2.05, 4.69) is 5.32 Å². The normalized spacial score (nSPS) is 17.0. The highest BCUT2D eigenvalue weighted by atomic mass is 35.5. The highest BCUT2D eigenvalue weighted by Crippen LogP contribution is 2.31. The fraction of sp³-hybridized carbons (Fsp3) is 0.323. The molecular formula is C31H31Cl2N3O5S. The molecule has 1 heterocycles. The fourth-order valence-electron chi connectivity index (χ4n) is 5.53. The van der Waals surface area contributed by atoms with Crippen molar-refractivity contribution in [1.82, 2.24) is 14.5 Å². The molecule has 1 aliphatic carbocycles. The smallest absolute Gasteiger partial charge is 0.269 e. The lowest BCUT2D eigenvalue weighted by Gasteiger charge is -2.34. The molecule has 1 saturated carbocycles. The van der Waals surface area contributed by atoms with E-state index in [-0.39, 0.29) is 35.4 Å². The summed E-state index contributed by atoms with van der Waals surface area (Å²) in [7, 11) is -4.25. The van der Waals surface area contributed by atoms with Crippen LogP contribution in [0, 0.1) is 0 Å². The molecule has 0 saturated heterocycles. The number of sulfonamides is 1. The Morgan fingerprint density at radius 1 is 0.952 bits per heavy atom. The van der Waals surface area contributed by atoms with Crippen molar-refractivity contribution >= 4 is 50.9 Å². The SMILES string of the molecule is O=C(NC1CCCCC1)C(Cc1ccccc1)N(Cc1ccc(Cl)cc1Cl)C(=O)CN1C(=O)c2ccccc2S1(=O)=O. The molecule has 1 atom stereocenters. The molecule has 1 aliphatic heterocycles. The second kappa shape index (κ2) is 12.9. The van der Waals surface area contributed by atoms with E-state index in [4.69, 9.17) is 23.2 Å². The summed E-state index contributed by atoms with van der Waals surface area (Å²) >= 11 is 12.6. The van der Waals surface area contributed by atoms with Gasteiger partial charge in [-0.15, -0.1) is 0 Å². The predicted molar refractivity (Wildman–Crippen MR) is 161 cm³/mol. The van der Waals surface area contributed by atoms with Crippen LogP contribution in [-0.4, -0.2) is 54.0 Å². The Bertz CT molecular complexity index is 1590. The first kappa shape index (κ1) is 30.1. The number of rotatable bonds is 9. The molecule has 1 N–H and O–H groups in total. The van der Waals surface area contributed by atoms with E-state index in [1.54, 1.807) is 24.3 Å². The first-order valence-corrected chi connectivity index (χ1v) is 16.1. The minimum atomic E-state index is -4.25. The van der Waals surface area contributed by atoms with Gasteiger partial charge in [-0.3, -0.25) is 14.4 Å². The third kappa shape index (κ3) is 6.48. The summed E-state index contributed by atoms with van der Waals surface area (Å²) in [5, 5.41) is 3.83. The molecule has 0 spiro atoms. The van der Waals surface area contributed by atoms with Crippen LogP contribution in [0.3, 0.4) is 0 Å². The average molecular weight is 629 g/mol. The topological polar surface area (TPSA) is 104 Å². The van der Waals surface area contributed by atoms with E-state index in [1.807, 2.05) is 30.3 Å². The Balaban J connectivity index is 1.51. The first-order valence-electron chi connectivity index (χ1n) is 13.9. The molecular weight excluding hydrogens is 597 g/mol. The molecule has 11 heteroatoms. The zero-order valence-corrected chi connectivity index (χ0v) is 25.2. The highest BCUT2D eigenvalue weighted by Gasteiger charge is 2.43. The Morgan fingerprint density at radius 2 is 1.64 bits per heavy atom. The van der Waals surface area contributed by atoms with Crippen molar-refractivity contribution in [1.29, 1.82) is 0 Å². The zero-order valence-electron chi connectivity index (χ0n) is 22.8. The number of hydrogen-bond acceptors (Lipinski definition) is 5. The van der Waals surface area contributed by atoms with Gasteiger partial charge in [0.25, 0.3) is 15.9 Å². The number of carbonyl (C=O) groups excluding carboxylic acids is 3. The van der Waals surface area contributed by atoms with Gasteiger partial charge in [-0.1, -0.05) is 91.0 Å². The molecule has 0 radical (unpaired) electrons. The molecule has 1 fully saturated rings. The standard InChI is InChI=1S/C31H31Cl2N3O5S/c32-23-16-15-22(26(33)18-23)19-35(29(37)20-36-31(39)25-13-7-8-14-28(25)42(36,40)41)27(17-21-9-3-1-4-10-21)30(38)34-24-11-5-2-6-12-24/h1,3-4,7-10,13-16,18,24,27H,2,5-6,11-12,17,19-20H2,(H,34,38).